The average Bonchev–Trinajstić information content (AvgIpc) is 3.01. The van der Waals surface area contributed by atoms with Crippen molar-refractivity contribution in [3.63, 3.8) is 0 Å². The summed E-state index contributed by atoms with van der Waals surface area (Å²) in [5.41, 5.74) is 3.67. The third-order valence-electron chi connectivity index (χ3n) is 4.91. The number of aromatic nitrogens is 2. The van der Waals surface area contributed by atoms with Crippen molar-refractivity contribution in [2.75, 3.05) is 14.1 Å². The predicted molar refractivity (Wildman–Crippen MR) is 113 cm³/mol. The lowest BCUT2D eigenvalue weighted by molar-refractivity contribution is -0.121. The second-order valence-electron chi connectivity index (χ2n) is 7.29. The molecule has 2 aromatic carbocycles. The molecule has 8 heteroatoms. The lowest BCUT2D eigenvalue weighted by atomic mass is 10.1. The van der Waals surface area contributed by atoms with Crippen molar-refractivity contribution in [2.24, 2.45) is 7.05 Å². The van der Waals surface area contributed by atoms with E-state index < -0.39 is 10.0 Å². The molecule has 1 aromatic heterocycles. The summed E-state index contributed by atoms with van der Waals surface area (Å²) in [4.78, 5) is 17.0. The number of fused-ring (bicyclic) bond motifs is 1. The number of nitrogens with zero attached hydrogens (tertiary/aromatic N) is 3. The molecule has 7 nitrogen and oxygen atoms in total. The van der Waals surface area contributed by atoms with Crippen molar-refractivity contribution in [1.29, 1.82) is 0 Å². The molecule has 1 amide bonds. The van der Waals surface area contributed by atoms with E-state index in [0.717, 1.165) is 16.9 Å². The quantitative estimate of drug-likeness (QED) is 0.643. The van der Waals surface area contributed by atoms with E-state index in [0.29, 0.717) is 24.9 Å². The fraction of sp³-hybridized carbons (Fsp3) is 0.333. The molecule has 0 unspecified atom stereocenters. The van der Waals surface area contributed by atoms with Crippen LogP contribution in [0.3, 0.4) is 0 Å². The number of amides is 1. The second kappa shape index (κ2) is 8.34. The number of hydrogen-bond donors (Lipinski definition) is 1. The predicted octanol–water partition coefficient (Wildman–Crippen LogP) is 2.38. The highest BCUT2D eigenvalue weighted by Gasteiger charge is 2.19. The lowest BCUT2D eigenvalue weighted by Crippen LogP contribution is -2.23. The minimum atomic E-state index is -3.51. The van der Waals surface area contributed by atoms with E-state index in [4.69, 9.17) is 0 Å². The monoisotopic (exact) mass is 414 g/mol. The van der Waals surface area contributed by atoms with Crippen molar-refractivity contribution < 1.29 is 13.2 Å². The van der Waals surface area contributed by atoms with Crippen molar-refractivity contribution in [1.82, 2.24) is 19.2 Å². The van der Waals surface area contributed by atoms with E-state index in [-0.39, 0.29) is 10.8 Å². The molecule has 0 aliphatic carbocycles. The van der Waals surface area contributed by atoms with Gasteiger partial charge in [0.15, 0.2) is 0 Å². The Kier molecular flexibility index (Phi) is 6.04. The summed E-state index contributed by atoms with van der Waals surface area (Å²) in [7, 11) is 1.35. The first-order valence-corrected chi connectivity index (χ1v) is 10.8. The zero-order valence-electron chi connectivity index (χ0n) is 17.1. The first-order chi connectivity index (χ1) is 13.7. The van der Waals surface area contributed by atoms with Gasteiger partial charge < -0.3 is 9.88 Å². The van der Waals surface area contributed by atoms with Crippen molar-refractivity contribution in [3.05, 3.63) is 59.4 Å². The summed E-state index contributed by atoms with van der Waals surface area (Å²) in [5.74, 6) is 0.693. The van der Waals surface area contributed by atoms with E-state index in [1.54, 1.807) is 18.2 Å². The molecule has 1 N–H and O–H groups in total. The van der Waals surface area contributed by atoms with Gasteiger partial charge in [0.1, 0.15) is 5.82 Å². The van der Waals surface area contributed by atoms with Crippen LogP contribution in [0.4, 0.5) is 0 Å². The standard InChI is InChI=1S/C21H26N4O3S/c1-15-5-7-16(8-6-15)14-22-21(26)12-11-20-23-18-13-17(29(27,28)24(2)3)9-10-19(18)25(20)4/h5-10,13H,11-12,14H2,1-4H3,(H,22,26). The second-order valence-corrected chi connectivity index (χ2v) is 9.44. The molecule has 0 bridgehead atoms. The van der Waals surface area contributed by atoms with Gasteiger partial charge >= 0.3 is 0 Å². The Morgan fingerprint density at radius 2 is 1.83 bits per heavy atom. The Bertz CT molecular complexity index is 1130. The van der Waals surface area contributed by atoms with Gasteiger partial charge in [0, 0.05) is 40.5 Å². The van der Waals surface area contributed by atoms with Gasteiger partial charge in [-0.25, -0.2) is 17.7 Å². The number of carbonyl (C=O) groups excluding carboxylic acids is 1. The van der Waals surface area contributed by atoms with Crippen LogP contribution < -0.4 is 5.32 Å². The largest absolute Gasteiger partial charge is 0.352 e. The summed E-state index contributed by atoms with van der Waals surface area (Å²) >= 11 is 0. The molecule has 0 saturated heterocycles. The van der Waals surface area contributed by atoms with Gasteiger partial charge in [0.05, 0.1) is 15.9 Å². The molecule has 0 aliphatic heterocycles. The summed E-state index contributed by atoms with van der Waals surface area (Å²) in [6, 6.07) is 12.9. The summed E-state index contributed by atoms with van der Waals surface area (Å²) in [6.45, 7) is 2.52. The Labute approximate surface area is 171 Å². The fourth-order valence-corrected chi connectivity index (χ4v) is 3.97. The zero-order valence-corrected chi connectivity index (χ0v) is 18.0. The molecule has 154 valence electrons. The van der Waals surface area contributed by atoms with Crippen LogP contribution in [0.25, 0.3) is 11.0 Å². The molecule has 0 atom stereocenters. The molecule has 1 heterocycles. The topological polar surface area (TPSA) is 84.3 Å². The average molecular weight is 415 g/mol. The number of rotatable bonds is 7. The van der Waals surface area contributed by atoms with Gasteiger partial charge in [0.2, 0.25) is 15.9 Å². The number of hydrogen-bond acceptors (Lipinski definition) is 4. The third kappa shape index (κ3) is 4.65. The highest BCUT2D eigenvalue weighted by molar-refractivity contribution is 7.89. The van der Waals surface area contributed by atoms with Crippen LogP contribution in [0, 0.1) is 6.92 Å². The molecule has 0 aliphatic rings. The number of sulfonamides is 1. The maximum atomic E-state index is 12.3. The van der Waals surface area contributed by atoms with E-state index >= 15 is 0 Å². The Morgan fingerprint density at radius 1 is 1.14 bits per heavy atom. The Morgan fingerprint density at radius 3 is 2.48 bits per heavy atom. The molecular weight excluding hydrogens is 388 g/mol. The van der Waals surface area contributed by atoms with Crippen LogP contribution in [0.1, 0.15) is 23.4 Å². The van der Waals surface area contributed by atoms with Gasteiger partial charge in [0.25, 0.3) is 0 Å². The van der Waals surface area contributed by atoms with Crippen LogP contribution in [-0.2, 0) is 34.8 Å². The van der Waals surface area contributed by atoms with Gasteiger partial charge in [-0.15, -0.1) is 0 Å². The highest BCUT2D eigenvalue weighted by Crippen LogP contribution is 2.21. The molecule has 29 heavy (non-hydrogen) atoms. The van der Waals surface area contributed by atoms with Crippen LogP contribution in [0.2, 0.25) is 0 Å². The lowest BCUT2D eigenvalue weighted by Gasteiger charge is -2.10. The van der Waals surface area contributed by atoms with Crippen LogP contribution in [0.15, 0.2) is 47.4 Å². The van der Waals surface area contributed by atoms with Gasteiger partial charge in [-0.3, -0.25) is 4.79 Å². The molecule has 3 aromatic rings. The summed E-state index contributed by atoms with van der Waals surface area (Å²) < 4.78 is 27.7. The van der Waals surface area contributed by atoms with E-state index in [1.165, 1.54) is 24.0 Å². The fourth-order valence-electron chi connectivity index (χ4n) is 3.04. The van der Waals surface area contributed by atoms with Gasteiger partial charge in [-0.05, 0) is 30.7 Å². The Hall–Kier alpha value is -2.71. The molecule has 0 fully saturated rings. The van der Waals surface area contributed by atoms with Gasteiger partial charge in [-0.1, -0.05) is 29.8 Å². The zero-order chi connectivity index (χ0) is 21.2. The van der Waals surface area contributed by atoms with Crippen LogP contribution in [0.5, 0.6) is 0 Å². The number of imidazole rings is 1. The van der Waals surface area contributed by atoms with E-state index in [9.17, 15) is 13.2 Å². The van der Waals surface area contributed by atoms with Crippen LogP contribution in [-0.4, -0.2) is 42.3 Å². The maximum Gasteiger partial charge on any atom is 0.242 e. The van der Waals surface area contributed by atoms with E-state index in [1.807, 2.05) is 42.8 Å². The summed E-state index contributed by atoms with van der Waals surface area (Å²) in [6.07, 6.45) is 0.784. The summed E-state index contributed by atoms with van der Waals surface area (Å²) in [5, 5.41) is 2.92. The molecule has 0 radical (unpaired) electrons. The SMILES string of the molecule is Cc1ccc(CNC(=O)CCc2nc3cc(S(=O)(=O)N(C)C)ccc3n2C)cc1. The van der Waals surface area contributed by atoms with Gasteiger partial charge in [-0.2, -0.15) is 0 Å². The normalized spacial score (nSPS) is 11.9. The first-order valence-electron chi connectivity index (χ1n) is 9.38. The van der Waals surface area contributed by atoms with Crippen LogP contribution >= 0.6 is 0 Å². The Balaban J connectivity index is 1.67. The first kappa shape index (κ1) is 21.0. The van der Waals surface area contributed by atoms with E-state index in [2.05, 4.69) is 10.3 Å². The molecule has 3 rings (SSSR count). The van der Waals surface area contributed by atoms with Crippen molar-refractivity contribution >= 4 is 27.0 Å². The number of aryl methyl sites for hydroxylation is 3. The van der Waals surface area contributed by atoms with Crippen molar-refractivity contribution in [3.8, 4) is 0 Å². The number of benzene rings is 2. The minimum Gasteiger partial charge on any atom is -0.352 e. The molecule has 0 spiro atoms. The highest BCUT2D eigenvalue weighted by atomic mass is 32.2. The number of nitrogens with one attached hydrogen (secondary N) is 1. The molecular formula is C21H26N4O3S. The smallest absolute Gasteiger partial charge is 0.242 e. The third-order valence-corrected chi connectivity index (χ3v) is 6.72. The number of carbonyl (C=O) groups is 1. The minimum absolute atomic E-state index is 0.0477. The maximum absolute atomic E-state index is 12.3. The molecule has 0 saturated carbocycles. The van der Waals surface area contributed by atoms with Crippen molar-refractivity contribution in [2.45, 2.75) is 31.2 Å².